The van der Waals surface area contributed by atoms with Crippen molar-refractivity contribution in [3.05, 3.63) is 36.8 Å². The van der Waals surface area contributed by atoms with Gasteiger partial charge in [0.25, 0.3) is 0 Å². The molecule has 2 aromatic heterocycles. The smallest absolute Gasteiger partial charge is 0.435 e. The van der Waals surface area contributed by atoms with Crippen molar-refractivity contribution in [1.82, 2.24) is 14.3 Å². The van der Waals surface area contributed by atoms with Gasteiger partial charge in [-0.05, 0) is 68.4 Å². The molecule has 1 aromatic carbocycles. The fraction of sp³-hybridized carbons (Fsp3) is 0.462. The Morgan fingerprint density at radius 3 is 1.97 bits per heavy atom. The van der Waals surface area contributed by atoms with Gasteiger partial charge in [-0.15, -0.1) is 0 Å². The fourth-order valence-electron chi connectivity index (χ4n) is 3.35. The molecule has 1 amide bonds. The minimum atomic E-state index is -0.747. The topological polar surface area (TPSA) is 114 Å². The number of carbonyl (C=O) groups excluding carboxylic acids is 3. The number of nitrogens with one attached hydrogen (secondary N) is 1. The number of para-hydroxylation sites is 1. The highest BCUT2D eigenvalue weighted by Crippen LogP contribution is 2.35. The number of aromatic nitrogens is 3. The average Bonchev–Trinajstić information content (AvgIpc) is 3.29. The van der Waals surface area contributed by atoms with Crippen LogP contribution in [0, 0.1) is 0 Å². The second-order valence-corrected chi connectivity index (χ2v) is 11.4. The van der Waals surface area contributed by atoms with Crippen molar-refractivity contribution in [2.45, 2.75) is 79.1 Å². The molecule has 0 aliphatic heterocycles. The van der Waals surface area contributed by atoms with E-state index < -0.39 is 35.1 Å². The molecule has 0 unspecified atom stereocenters. The SMILES string of the molecule is CC(C)(C)OC(=O)Nc1cccc2c(-c3cnn(C(=O)OC(C)(C)C)c3)cn(C(=O)OC(C)(C)C)c12. The Kier molecular flexibility index (Phi) is 6.94. The molecular formula is C26H34N4O6. The van der Waals surface area contributed by atoms with Crippen LogP contribution in [-0.2, 0) is 14.2 Å². The molecular weight excluding hydrogens is 464 g/mol. The Labute approximate surface area is 210 Å². The highest BCUT2D eigenvalue weighted by Gasteiger charge is 2.26. The zero-order valence-corrected chi connectivity index (χ0v) is 22.3. The van der Waals surface area contributed by atoms with Gasteiger partial charge in [-0.3, -0.25) is 5.32 Å². The molecule has 0 fully saturated rings. The predicted molar refractivity (Wildman–Crippen MR) is 136 cm³/mol. The van der Waals surface area contributed by atoms with Gasteiger partial charge in [0.15, 0.2) is 0 Å². The first kappa shape index (κ1) is 26.8. The van der Waals surface area contributed by atoms with Crippen LogP contribution < -0.4 is 5.32 Å². The van der Waals surface area contributed by atoms with Crippen LogP contribution in [0.2, 0.25) is 0 Å². The lowest BCUT2D eigenvalue weighted by Gasteiger charge is -2.21. The lowest BCUT2D eigenvalue weighted by molar-refractivity contribution is 0.0510. The molecule has 10 heteroatoms. The van der Waals surface area contributed by atoms with E-state index in [4.69, 9.17) is 14.2 Å². The Bertz CT molecular complexity index is 1300. The molecule has 0 saturated carbocycles. The van der Waals surface area contributed by atoms with Crippen molar-refractivity contribution < 1.29 is 28.6 Å². The van der Waals surface area contributed by atoms with E-state index in [-0.39, 0.29) is 0 Å². The van der Waals surface area contributed by atoms with Gasteiger partial charge in [0.1, 0.15) is 16.8 Å². The highest BCUT2D eigenvalue weighted by molar-refractivity contribution is 6.08. The highest BCUT2D eigenvalue weighted by atomic mass is 16.6. The molecule has 0 spiro atoms. The number of amides is 1. The van der Waals surface area contributed by atoms with Crippen LogP contribution in [0.25, 0.3) is 22.0 Å². The van der Waals surface area contributed by atoms with Crippen LogP contribution >= 0.6 is 0 Å². The minimum Gasteiger partial charge on any atom is -0.444 e. The van der Waals surface area contributed by atoms with E-state index in [2.05, 4.69) is 10.4 Å². The molecule has 3 rings (SSSR count). The number of carbonyl (C=O) groups is 3. The molecule has 194 valence electrons. The third-order valence-electron chi connectivity index (χ3n) is 4.53. The van der Waals surface area contributed by atoms with Crippen LogP contribution in [0.1, 0.15) is 62.3 Å². The minimum absolute atomic E-state index is 0.360. The summed E-state index contributed by atoms with van der Waals surface area (Å²) in [7, 11) is 0. The van der Waals surface area contributed by atoms with Crippen molar-refractivity contribution in [3.8, 4) is 11.1 Å². The number of anilines is 1. The largest absolute Gasteiger partial charge is 0.444 e. The molecule has 1 N–H and O–H groups in total. The van der Waals surface area contributed by atoms with E-state index in [0.717, 1.165) is 4.68 Å². The summed E-state index contributed by atoms with van der Waals surface area (Å²) in [5.41, 5.74) is -0.176. The Balaban J connectivity index is 2.11. The first-order valence-corrected chi connectivity index (χ1v) is 11.6. The fourth-order valence-corrected chi connectivity index (χ4v) is 3.35. The van der Waals surface area contributed by atoms with Gasteiger partial charge in [-0.1, -0.05) is 12.1 Å². The van der Waals surface area contributed by atoms with E-state index in [1.807, 2.05) is 0 Å². The van der Waals surface area contributed by atoms with E-state index in [9.17, 15) is 14.4 Å². The first-order valence-electron chi connectivity index (χ1n) is 11.6. The second kappa shape index (κ2) is 9.33. The van der Waals surface area contributed by atoms with Gasteiger partial charge >= 0.3 is 18.3 Å². The zero-order chi connectivity index (χ0) is 27.1. The number of ether oxygens (including phenoxy) is 3. The molecule has 3 aromatic rings. The van der Waals surface area contributed by atoms with Gasteiger partial charge < -0.3 is 14.2 Å². The molecule has 36 heavy (non-hydrogen) atoms. The Morgan fingerprint density at radius 1 is 0.806 bits per heavy atom. The van der Waals surface area contributed by atoms with Crippen molar-refractivity contribution in [1.29, 1.82) is 0 Å². The van der Waals surface area contributed by atoms with Crippen LogP contribution in [0.3, 0.4) is 0 Å². The van der Waals surface area contributed by atoms with E-state index >= 15 is 0 Å². The van der Waals surface area contributed by atoms with Gasteiger partial charge in [0.2, 0.25) is 0 Å². The van der Waals surface area contributed by atoms with Crippen molar-refractivity contribution >= 4 is 34.9 Å². The number of benzene rings is 1. The lowest BCUT2D eigenvalue weighted by Crippen LogP contribution is -2.28. The summed E-state index contributed by atoms with van der Waals surface area (Å²) < 4.78 is 18.8. The summed E-state index contributed by atoms with van der Waals surface area (Å²) in [6.07, 6.45) is 2.71. The average molecular weight is 499 g/mol. The standard InChI is InChI=1S/C26H34N4O6/c1-24(2,3)34-21(31)28-19-12-10-11-17-18(15-29(20(17)19)22(32)35-25(4,5)6)16-13-27-30(14-16)23(33)36-26(7,8)9/h10-15H,1-9H3,(H,28,31). The lowest BCUT2D eigenvalue weighted by atomic mass is 10.1. The normalized spacial score (nSPS) is 12.4. The molecule has 0 aliphatic carbocycles. The molecule has 0 radical (unpaired) electrons. The van der Waals surface area contributed by atoms with Crippen LogP contribution in [-0.4, -0.2) is 49.4 Å². The molecule has 0 saturated heterocycles. The summed E-state index contributed by atoms with van der Waals surface area (Å²) in [6, 6.07) is 5.22. The third-order valence-corrected chi connectivity index (χ3v) is 4.53. The Hall–Kier alpha value is -3.82. The van der Waals surface area contributed by atoms with Crippen LogP contribution in [0.5, 0.6) is 0 Å². The molecule has 0 atom stereocenters. The Morgan fingerprint density at radius 2 is 1.39 bits per heavy atom. The monoisotopic (exact) mass is 498 g/mol. The summed E-state index contributed by atoms with van der Waals surface area (Å²) in [4.78, 5) is 38.2. The summed E-state index contributed by atoms with van der Waals surface area (Å²) >= 11 is 0. The number of hydrogen-bond acceptors (Lipinski definition) is 7. The molecule has 0 aliphatic rings. The number of hydrogen-bond donors (Lipinski definition) is 1. The van der Waals surface area contributed by atoms with Gasteiger partial charge in [0, 0.05) is 28.9 Å². The maximum absolute atomic E-state index is 13.2. The van der Waals surface area contributed by atoms with Crippen LogP contribution in [0.4, 0.5) is 20.1 Å². The van der Waals surface area contributed by atoms with Crippen molar-refractivity contribution in [3.63, 3.8) is 0 Å². The maximum Gasteiger partial charge on any atom is 0.435 e. The van der Waals surface area contributed by atoms with Crippen LogP contribution in [0.15, 0.2) is 36.8 Å². The number of rotatable bonds is 2. The molecule has 10 nitrogen and oxygen atoms in total. The zero-order valence-electron chi connectivity index (χ0n) is 22.3. The third kappa shape index (κ3) is 6.65. The predicted octanol–water partition coefficient (Wildman–Crippen LogP) is 6.42. The molecule has 0 bridgehead atoms. The summed E-state index contributed by atoms with van der Waals surface area (Å²) in [6.45, 7) is 15.9. The van der Waals surface area contributed by atoms with E-state index in [0.29, 0.717) is 27.7 Å². The van der Waals surface area contributed by atoms with Gasteiger partial charge in [-0.25, -0.2) is 19.0 Å². The van der Waals surface area contributed by atoms with Crippen molar-refractivity contribution in [2.75, 3.05) is 5.32 Å². The number of nitrogens with zero attached hydrogens (tertiary/aromatic N) is 3. The van der Waals surface area contributed by atoms with Gasteiger partial charge in [-0.2, -0.15) is 9.78 Å². The second-order valence-electron chi connectivity index (χ2n) is 11.4. The quantitative estimate of drug-likeness (QED) is 0.406. The first-order chi connectivity index (χ1) is 16.4. The molecule has 2 heterocycles. The summed E-state index contributed by atoms with van der Waals surface area (Å²) in [5, 5.41) is 7.50. The van der Waals surface area contributed by atoms with E-state index in [1.165, 1.54) is 17.0 Å². The maximum atomic E-state index is 13.2. The van der Waals surface area contributed by atoms with E-state index in [1.54, 1.807) is 86.7 Å². The number of fused-ring (bicyclic) bond motifs is 1. The van der Waals surface area contributed by atoms with Gasteiger partial charge in [0.05, 0.1) is 17.4 Å². The van der Waals surface area contributed by atoms with Crippen molar-refractivity contribution in [2.24, 2.45) is 0 Å². The summed E-state index contributed by atoms with van der Waals surface area (Å²) in [5.74, 6) is 0.